The highest BCUT2D eigenvalue weighted by molar-refractivity contribution is 7.89. The summed E-state index contributed by atoms with van der Waals surface area (Å²) in [7, 11) is -3.71. The second-order valence-corrected chi connectivity index (χ2v) is 9.33. The lowest BCUT2D eigenvalue weighted by molar-refractivity contribution is -0.151. The molecule has 2 aliphatic rings. The van der Waals surface area contributed by atoms with Crippen molar-refractivity contribution in [3.8, 4) is 0 Å². The van der Waals surface area contributed by atoms with Crippen molar-refractivity contribution >= 4 is 21.9 Å². The molecule has 1 amide bonds. The summed E-state index contributed by atoms with van der Waals surface area (Å²) in [6.07, 6.45) is 2.31. The molecular weight excluding hydrogens is 380 g/mol. The van der Waals surface area contributed by atoms with E-state index in [0.29, 0.717) is 51.9 Å². The van der Waals surface area contributed by atoms with Gasteiger partial charge in [0.2, 0.25) is 15.9 Å². The third-order valence-corrected chi connectivity index (χ3v) is 7.47. The molecule has 2 saturated heterocycles. The Bertz CT molecular complexity index is 814. The van der Waals surface area contributed by atoms with E-state index in [-0.39, 0.29) is 22.7 Å². The van der Waals surface area contributed by atoms with Gasteiger partial charge in [-0.1, -0.05) is 17.7 Å². The van der Waals surface area contributed by atoms with E-state index >= 15 is 0 Å². The molecule has 3 rings (SSSR count). The molecule has 0 saturated carbocycles. The fourth-order valence-electron chi connectivity index (χ4n) is 3.93. The highest BCUT2D eigenvalue weighted by Gasteiger charge is 2.42. The minimum atomic E-state index is -3.71. The maximum atomic E-state index is 13.1. The van der Waals surface area contributed by atoms with Crippen molar-refractivity contribution in [2.45, 2.75) is 50.5 Å². The second kappa shape index (κ2) is 8.61. The third kappa shape index (κ3) is 4.22. The van der Waals surface area contributed by atoms with Crippen LogP contribution in [-0.4, -0.2) is 61.8 Å². The molecule has 0 unspecified atom stereocenters. The van der Waals surface area contributed by atoms with E-state index in [1.54, 1.807) is 36.1 Å². The number of rotatable bonds is 5. The van der Waals surface area contributed by atoms with Crippen LogP contribution >= 0.6 is 0 Å². The number of likely N-dealkylation sites (tertiary alicyclic amines) is 1. The van der Waals surface area contributed by atoms with Crippen LogP contribution in [0, 0.1) is 12.8 Å². The van der Waals surface area contributed by atoms with Crippen molar-refractivity contribution in [1.29, 1.82) is 0 Å². The lowest BCUT2D eigenvalue weighted by Gasteiger charge is -2.34. The van der Waals surface area contributed by atoms with Crippen LogP contribution in [0.1, 0.15) is 38.2 Å². The molecule has 1 aromatic carbocycles. The SMILES string of the molecule is CCOC(=O)C1CCN(C(=O)[C@@H]2CCCN2S(=O)(=O)c2ccc(C)cc2)CC1. The van der Waals surface area contributed by atoms with Crippen LogP contribution in [0.2, 0.25) is 0 Å². The molecule has 1 aromatic rings. The number of nitrogens with zero attached hydrogens (tertiary/aromatic N) is 2. The molecule has 154 valence electrons. The fraction of sp³-hybridized carbons (Fsp3) is 0.600. The van der Waals surface area contributed by atoms with Crippen LogP contribution in [0.5, 0.6) is 0 Å². The van der Waals surface area contributed by atoms with Crippen molar-refractivity contribution in [1.82, 2.24) is 9.21 Å². The molecule has 0 bridgehead atoms. The molecule has 0 aromatic heterocycles. The first kappa shape index (κ1) is 20.8. The normalized spacial score (nSPS) is 21.6. The van der Waals surface area contributed by atoms with Gasteiger partial charge >= 0.3 is 5.97 Å². The first-order valence-electron chi connectivity index (χ1n) is 9.88. The number of hydrogen-bond donors (Lipinski definition) is 0. The lowest BCUT2D eigenvalue weighted by atomic mass is 9.96. The summed E-state index contributed by atoms with van der Waals surface area (Å²) in [6, 6.07) is 6.05. The number of esters is 1. The molecule has 28 heavy (non-hydrogen) atoms. The first-order chi connectivity index (χ1) is 13.3. The number of carbonyl (C=O) groups is 2. The van der Waals surface area contributed by atoms with E-state index in [0.717, 1.165) is 5.56 Å². The summed E-state index contributed by atoms with van der Waals surface area (Å²) in [5, 5.41) is 0. The minimum Gasteiger partial charge on any atom is -0.466 e. The monoisotopic (exact) mass is 408 g/mol. The molecule has 0 N–H and O–H groups in total. The van der Waals surface area contributed by atoms with Crippen molar-refractivity contribution in [3.63, 3.8) is 0 Å². The zero-order valence-corrected chi connectivity index (χ0v) is 17.3. The van der Waals surface area contributed by atoms with Crippen LogP contribution < -0.4 is 0 Å². The molecule has 0 spiro atoms. The predicted molar refractivity (Wildman–Crippen MR) is 104 cm³/mol. The number of hydrogen-bond acceptors (Lipinski definition) is 5. The second-order valence-electron chi connectivity index (χ2n) is 7.44. The fourth-order valence-corrected chi connectivity index (χ4v) is 5.58. The number of ether oxygens (including phenoxy) is 1. The Hall–Kier alpha value is -1.93. The Kier molecular flexibility index (Phi) is 6.40. The Morgan fingerprint density at radius 1 is 1.07 bits per heavy atom. The van der Waals surface area contributed by atoms with Gasteiger partial charge in [0.15, 0.2) is 0 Å². The Morgan fingerprint density at radius 2 is 1.71 bits per heavy atom. The van der Waals surface area contributed by atoms with Crippen molar-refractivity contribution in [2.24, 2.45) is 5.92 Å². The number of aryl methyl sites for hydroxylation is 1. The van der Waals surface area contributed by atoms with Gasteiger partial charge in [-0.2, -0.15) is 4.31 Å². The quantitative estimate of drug-likeness (QED) is 0.696. The number of sulfonamides is 1. The number of benzene rings is 1. The Morgan fingerprint density at radius 3 is 2.32 bits per heavy atom. The first-order valence-corrected chi connectivity index (χ1v) is 11.3. The lowest BCUT2D eigenvalue weighted by Crippen LogP contribution is -2.50. The predicted octanol–water partition coefficient (Wildman–Crippen LogP) is 1.95. The van der Waals surface area contributed by atoms with Crippen molar-refractivity contribution in [3.05, 3.63) is 29.8 Å². The summed E-state index contributed by atoms with van der Waals surface area (Å²) >= 11 is 0. The summed E-state index contributed by atoms with van der Waals surface area (Å²) in [6.45, 7) is 5.30. The van der Waals surface area contributed by atoms with Gasteiger partial charge in [-0.3, -0.25) is 9.59 Å². The molecule has 8 heteroatoms. The summed E-state index contributed by atoms with van der Waals surface area (Å²) in [5.41, 5.74) is 0.984. The van der Waals surface area contributed by atoms with Gasteiger partial charge in [0, 0.05) is 19.6 Å². The van der Waals surface area contributed by atoms with E-state index in [1.807, 2.05) is 6.92 Å². The summed E-state index contributed by atoms with van der Waals surface area (Å²) in [4.78, 5) is 26.8. The highest BCUT2D eigenvalue weighted by atomic mass is 32.2. The van der Waals surface area contributed by atoms with Crippen LogP contribution in [0.25, 0.3) is 0 Å². The standard InChI is InChI=1S/C20H28N2O5S/c1-3-27-20(24)16-10-13-21(14-11-16)19(23)18-5-4-12-22(18)28(25,26)17-8-6-15(2)7-9-17/h6-9,16,18H,3-5,10-14H2,1-2H3/t18-/m0/s1. The van der Waals surface area contributed by atoms with Crippen LogP contribution in [-0.2, 0) is 24.3 Å². The number of carbonyl (C=O) groups excluding carboxylic acids is 2. The van der Waals surface area contributed by atoms with Crippen LogP contribution in [0.4, 0.5) is 0 Å². The number of amides is 1. The molecule has 2 heterocycles. The summed E-state index contributed by atoms with van der Waals surface area (Å²) < 4.78 is 32.5. The zero-order chi connectivity index (χ0) is 20.3. The zero-order valence-electron chi connectivity index (χ0n) is 16.5. The largest absolute Gasteiger partial charge is 0.466 e. The maximum Gasteiger partial charge on any atom is 0.309 e. The van der Waals surface area contributed by atoms with Gasteiger partial charge in [0.25, 0.3) is 0 Å². The van der Waals surface area contributed by atoms with E-state index < -0.39 is 16.1 Å². The van der Waals surface area contributed by atoms with Gasteiger partial charge in [0.05, 0.1) is 17.4 Å². The molecule has 2 aliphatic heterocycles. The molecule has 0 aliphatic carbocycles. The number of piperidine rings is 1. The highest BCUT2D eigenvalue weighted by Crippen LogP contribution is 2.29. The van der Waals surface area contributed by atoms with E-state index in [9.17, 15) is 18.0 Å². The average Bonchev–Trinajstić information content (AvgIpc) is 3.19. The van der Waals surface area contributed by atoms with Crippen molar-refractivity contribution < 1.29 is 22.7 Å². The molecule has 2 fully saturated rings. The summed E-state index contributed by atoms with van der Waals surface area (Å²) in [5.74, 6) is -0.547. The van der Waals surface area contributed by atoms with Crippen LogP contribution in [0.15, 0.2) is 29.2 Å². The van der Waals surface area contributed by atoms with E-state index in [4.69, 9.17) is 4.74 Å². The molecule has 1 atom stereocenters. The topological polar surface area (TPSA) is 84.0 Å². The third-order valence-electron chi connectivity index (χ3n) is 5.54. The van der Waals surface area contributed by atoms with Gasteiger partial charge in [-0.05, 0) is 51.7 Å². The smallest absolute Gasteiger partial charge is 0.309 e. The van der Waals surface area contributed by atoms with Gasteiger partial charge in [-0.15, -0.1) is 0 Å². The van der Waals surface area contributed by atoms with E-state index in [1.165, 1.54) is 4.31 Å². The minimum absolute atomic E-state index is 0.157. The van der Waals surface area contributed by atoms with Gasteiger partial charge < -0.3 is 9.64 Å². The van der Waals surface area contributed by atoms with Crippen LogP contribution in [0.3, 0.4) is 0 Å². The van der Waals surface area contributed by atoms with Crippen molar-refractivity contribution in [2.75, 3.05) is 26.2 Å². The Labute approximate surface area is 166 Å². The Balaban J connectivity index is 1.68. The average molecular weight is 409 g/mol. The molecular formula is C20H28N2O5S. The molecule has 0 radical (unpaired) electrons. The van der Waals surface area contributed by atoms with Gasteiger partial charge in [0.1, 0.15) is 6.04 Å². The maximum absolute atomic E-state index is 13.1. The molecule has 7 nitrogen and oxygen atoms in total. The van der Waals surface area contributed by atoms with Gasteiger partial charge in [-0.25, -0.2) is 8.42 Å². The van der Waals surface area contributed by atoms with E-state index in [2.05, 4.69) is 0 Å².